The molecule has 0 saturated carbocycles. The minimum atomic E-state index is -0.490. The van der Waals surface area contributed by atoms with E-state index in [4.69, 9.17) is 5.21 Å². The number of benzene rings is 2. The second-order valence-corrected chi connectivity index (χ2v) is 9.55. The van der Waals surface area contributed by atoms with E-state index < -0.39 is 5.91 Å². The first-order chi connectivity index (χ1) is 17.1. The van der Waals surface area contributed by atoms with Crippen LogP contribution in [-0.4, -0.2) is 38.7 Å². The summed E-state index contributed by atoms with van der Waals surface area (Å²) in [5, 5.41) is 10.2. The lowest BCUT2D eigenvalue weighted by molar-refractivity contribution is 0.0706. The van der Waals surface area contributed by atoms with Gasteiger partial charge in [-0.25, -0.2) is 5.48 Å². The molecule has 0 bridgehead atoms. The highest BCUT2D eigenvalue weighted by Crippen LogP contribution is 2.31. The quantitative estimate of drug-likeness (QED) is 0.297. The minimum Gasteiger partial charge on any atom is -0.344 e. The lowest BCUT2D eigenvalue weighted by atomic mass is 9.96. The van der Waals surface area contributed by atoms with Crippen molar-refractivity contribution in [2.24, 2.45) is 5.92 Å². The van der Waals surface area contributed by atoms with Gasteiger partial charge in [0.1, 0.15) is 0 Å². The number of nitrogens with one attached hydrogen (secondary N) is 1. The molecular formula is C29H32N4O2. The summed E-state index contributed by atoms with van der Waals surface area (Å²) < 4.78 is 2.51. The highest BCUT2D eigenvalue weighted by atomic mass is 16.5. The second kappa shape index (κ2) is 10.4. The Morgan fingerprint density at radius 1 is 1.03 bits per heavy atom. The van der Waals surface area contributed by atoms with Crippen LogP contribution in [0.3, 0.4) is 0 Å². The molecule has 0 aliphatic carbocycles. The summed E-state index contributed by atoms with van der Waals surface area (Å²) in [6.07, 6.45) is 5.08. The number of likely N-dealkylation sites (tertiary alicyclic amines) is 1. The van der Waals surface area contributed by atoms with Gasteiger partial charge in [0, 0.05) is 41.4 Å². The third-order valence-electron chi connectivity index (χ3n) is 7.32. The van der Waals surface area contributed by atoms with E-state index in [1.165, 1.54) is 35.0 Å². The highest BCUT2D eigenvalue weighted by Gasteiger charge is 2.22. The van der Waals surface area contributed by atoms with Crippen LogP contribution in [0, 0.1) is 12.8 Å². The first-order valence-electron chi connectivity index (χ1n) is 12.3. The summed E-state index contributed by atoms with van der Waals surface area (Å²) in [5.74, 6) is 0.170. The predicted molar refractivity (Wildman–Crippen MR) is 137 cm³/mol. The maximum Gasteiger partial charge on any atom is 0.274 e. The molecule has 0 radical (unpaired) electrons. The Morgan fingerprint density at radius 3 is 2.49 bits per heavy atom. The zero-order valence-electron chi connectivity index (χ0n) is 20.2. The summed E-state index contributed by atoms with van der Waals surface area (Å²) in [6, 6.07) is 22.3. The van der Waals surface area contributed by atoms with Gasteiger partial charge in [0.15, 0.2) is 0 Å². The van der Waals surface area contributed by atoms with Crippen LogP contribution in [0.4, 0.5) is 0 Å². The first kappa shape index (κ1) is 23.3. The molecule has 6 heteroatoms. The largest absolute Gasteiger partial charge is 0.344 e. The molecule has 3 heterocycles. The Bertz CT molecular complexity index is 1290. The number of nitrogens with zero attached hydrogens (tertiary/aromatic N) is 3. The molecule has 1 fully saturated rings. The van der Waals surface area contributed by atoms with Gasteiger partial charge in [-0.1, -0.05) is 36.4 Å². The van der Waals surface area contributed by atoms with Gasteiger partial charge < -0.3 is 4.57 Å². The van der Waals surface area contributed by atoms with Gasteiger partial charge in [-0.05, 0) is 86.7 Å². The van der Waals surface area contributed by atoms with Gasteiger partial charge in [-0.3, -0.25) is 19.9 Å². The Labute approximate surface area is 206 Å². The fourth-order valence-corrected chi connectivity index (χ4v) is 5.31. The molecular weight excluding hydrogens is 436 g/mol. The number of fused-ring (bicyclic) bond motifs is 1. The van der Waals surface area contributed by atoms with E-state index in [2.05, 4.69) is 57.8 Å². The van der Waals surface area contributed by atoms with Crippen molar-refractivity contribution in [3.8, 4) is 0 Å². The molecule has 0 atom stereocenters. The van der Waals surface area contributed by atoms with Gasteiger partial charge in [0.2, 0.25) is 0 Å². The van der Waals surface area contributed by atoms with Crippen LogP contribution in [0.5, 0.6) is 0 Å². The number of carbonyl (C=O) groups is 1. The Balaban J connectivity index is 1.30. The van der Waals surface area contributed by atoms with Crippen LogP contribution in [-0.2, 0) is 19.5 Å². The zero-order chi connectivity index (χ0) is 24.2. The minimum absolute atomic E-state index is 0.449. The maximum atomic E-state index is 11.6. The summed E-state index contributed by atoms with van der Waals surface area (Å²) >= 11 is 0. The lowest BCUT2D eigenvalue weighted by Crippen LogP contribution is -2.34. The van der Waals surface area contributed by atoms with Crippen molar-refractivity contribution in [2.75, 3.05) is 13.1 Å². The molecule has 1 amide bonds. The summed E-state index contributed by atoms with van der Waals surface area (Å²) in [6.45, 7) is 6.43. The third-order valence-corrected chi connectivity index (χ3v) is 7.32. The highest BCUT2D eigenvalue weighted by molar-refractivity contribution is 5.93. The molecule has 180 valence electrons. The van der Waals surface area contributed by atoms with Crippen molar-refractivity contribution in [1.82, 2.24) is 19.9 Å². The van der Waals surface area contributed by atoms with Gasteiger partial charge in [-0.15, -0.1) is 0 Å². The van der Waals surface area contributed by atoms with Crippen LogP contribution in [0.1, 0.15) is 45.7 Å². The molecule has 6 nitrogen and oxygen atoms in total. The molecule has 1 saturated heterocycles. The predicted octanol–water partition coefficient (Wildman–Crippen LogP) is 4.97. The van der Waals surface area contributed by atoms with E-state index in [-0.39, 0.29) is 0 Å². The first-order valence-corrected chi connectivity index (χ1v) is 12.3. The van der Waals surface area contributed by atoms with Crippen LogP contribution in [0.2, 0.25) is 0 Å². The van der Waals surface area contributed by atoms with Crippen molar-refractivity contribution in [1.29, 1.82) is 0 Å². The van der Waals surface area contributed by atoms with Gasteiger partial charge in [0.05, 0.1) is 5.69 Å². The van der Waals surface area contributed by atoms with Crippen LogP contribution in [0.25, 0.3) is 10.9 Å². The number of para-hydroxylation sites is 1. The molecule has 0 unspecified atom stereocenters. The number of hydroxylamine groups is 1. The summed E-state index contributed by atoms with van der Waals surface area (Å²) in [7, 11) is 0. The Morgan fingerprint density at radius 2 is 1.77 bits per heavy atom. The SMILES string of the molecule is Cc1c(Cc2ccc(C(=O)NO)cc2)c2ccccc2n1CC1CCN(Cc2ccccn2)CC1. The number of pyridine rings is 1. The van der Waals surface area contributed by atoms with Crippen molar-refractivity contribution in [3.05, 3.63) is 101 Å². The maximum absolute atomic E-state index is 11.6. The number of hydrogen-bond acceptors (Lipinski definition) is 4. The zero-order valence-corrected chi connectivity index (χ0v) is 20.2. The Kier molecular flexibility index (Phi) is 6.93. The van der Waals surface area contributed by atoms with Crippen molar-refractivity contribution < 1.29 is 10.0 Å². The molecule has 1 aliphatic heterocycles. The number of rotatable bonds is 7. The standard InChI is InChI=1S/C29H32N4O2/c1-21-27(18-22-9-11-24(12-10-22)29(34)31-35)26-7-2-3-8-28(26)33(21)19-23-13-16-32(17-14-23)20-25-6-4-5-15-30-25/h2-12,15,23,35H,13-14,16-20H2,1H3,(H,31,34). The molecule has 2 aromatic carbocycles. The number of amides is 1. The average Bonchev–Trinajstić information content (AvgIpc) is 3.16. The molecule has 35 heavy (non-hydrogen) atoms. The number of piperidine rings is 1. The third kappa shape index (κ3) is 5.14. The number of hydrogen-bond donors (Lipinski definition) is 2. The summed E-state index contributed by atoms with van der Waals surface area (Å²) in [5.41, 5.74) is 8.39. The van der Waals surface area contributed by atoms with E-state index in [0.29, 0.717) is 11.5 Å². The molecule has 0 spiro atoms. The van der Waals surface area contributed by atoms with Crippen LogP contribution >= 0.6 is 0 Å². The monoisotopic (exact) mass is 468 g/mol. The lowest BCUT2D eigenvalue weighted by Gasteiger charge is -2.32. The van der Waals surface area contributed by atoms with Gasteiger partial charge >= 0.3 is 0 Å². The fourth-order valence-electron chi connectivity index (χ4n) is 5.31. The molecule has 1 aliphatic rings. The van der Waals surface area contributed by atoms with Crippen molar-refractivity contribution in [2.45, 2.75) is 39.3 Å². The molecule has 2 N–H and O–H groups in total. The van der Waals surface area contributed by atoms with Gasteiger partial charge in [-0.2, -0.15) is 0 Å². The average molecular weight is 469 g/mol. The van der Waals surface area contributed by atoms with Gasteiger partial charge in [0.25, 0.3) is 5.91 Å². The van der Waals surface area contributed by atoms with E-state index in [0.717, 1.165) is 43.9 Å². The smallest absolute Gasteiger partial charge is 0.274 e. The molecule has 2 aromatic heterocycles. The number of aromatic nitrogens is 2. The summed E-state index contributed by atoms with van der Waals surface area (Å²) in [4.78, 5) is 18.6. The normalized spacial score (nSPS) is 14.9. The fraction of sp³-hybridized carbons (Fsp3) is 0.310. The van der Waals surface area contributed by atoms with E-state index in [1.807, 2.05) is 24.4 Å². The van der Waals surface area contributed by atoms with Crippen molar-refractivity contribution in [3.63, 3.8) is 0 Å². The topological polar surface area (TPSA) is 70.4 Å². The number of carbonyl (C=O) groups excluding carboxylic acids is 1. The Hall–Kier alpha value is -3.48. The van der Waals surface area contributed by atoms with E-state index in [1.54, 1.807) is 17.6 Å². The van der Waals surface area contributed by atoms with Crippen LogP contribution < -0.4 is 5.48 Å². The van der Waals surface area contributed by atoms with E-state index in [9.17, 15) is 4.79 Å². The van der Waals surface area contributed by atoms with Crippen molar-refractivity contribution >= 4 is 16.8 Å². The second-order valence-electron chi connectivity index (χ2n) is 9.55. The molecule has 5 rings (SSSR count). The van der Waals surface area contributed by atoms with E-state index >= 15 is 0 Å². The molecule has 4 aromatic rings. The van der Waals surface area contributed by atoms with Crippen LogP contribution in [0.15, 0.2) is 72.9 Å².